The van der Waals surface area contributed by atoms with E-state index in [2.05, 4.69) is 15.5 Å². The van der Waals surface area contributed by atoms with Crippen molar-refractivity contribution in [3.8, 4) is 17.2 Å². The minimum Gasteiger partial charge on any atom is -0.497 e. The SMILES string of the molecule is COc1ccc(-c2nc(CSCC(=O)NC3CCCC3)no2)cc1. The minimum atomic E-state index is 0.0887. The number of aromatic nitrogens is 2. The first-order chi connectivity index (χ1) is 11.7. The van der Waals surface area contributed by atoms with E-state index in [4.69, 9.17) is 9.26 Å². The molecule has 1 aromatic carbocycles. The van der Waals surface area contributed by atoms with Crippen LogP contribution in [0.5, 0.6) is 5.75 Å². The van der Waals surface area contributed by atoms with E-state index in [1.54, 1.807) is 7.11 Å². The van der Waals surface area contributed by atoms with Crippen LogP contribution < -0.4 is 10.1 Å². The standard InChI is InChI=1S/C17H21N3O3S/c1-22-14-8-6-12(7-9-14)17-19-15(20-23-17)10-24-11-16(21)18-13-4-2-3-5-13/h6-9,13H,2-5,10-11H2,1H3,(H,18,21). The number of ether oxygens (including phenoxy) is 1. The van der Waals surface area contributed by atoms with E-state index in [0.717, 1.165) is 24.2 Å². The van der Waals surface area contributed by atoms with Crippen molar-refractivity contribution in [1.29, 1.82) is 0 Å². The fraction of sp³-hybridized carbons (Fsp3) is 0.471. The summed E-state index contributed by atoms with van der Waals surface area (Å²) in [4.78, 5) is 16.2. The first kappa shape index (κ1) is 16.8. The number of rotatable bonds is 7. The average Bonchev–Trinajstić information content (AvgIpc) is 3.27. The summed E-state index contributed by atoms with van der Waals surface area (Å²) in [7, 11) is 1.62. The molecule has 7 heteroatoms. The number of nitrogens with one attached hydrogen (secondary N) is 1. The van der Waals surface area contributed by atoms with Crippen LogP contribution >= 0.6 is 11.8 Å². The fourth-order valence-electron chi connectivity index (χ4n) is 2.74. The van der Waals surface area contributed by atoms with Gasteiger partial charge in [0.25, 0.3) is 5.89 Å². The van der Waals surface area contributed by atoms with E-state index in [1.807, 2.05) is 24.3 Å². The van der Waals surface area contributed by atoms with Gasteiger partial charge >= 0.3 is 0 Å². The van der Waals surface area contributed by atoms with Gasteiger partial charge in [0, 0.05) is 11.6 Å². The molecule has 1 saturated carbocycles. The number of hydrogen-bond donors (Lipinski definition) is 1. The van der Waals surface area contributed by atoms with Crippen molar-refractivity contribution in [2.24, 2.45) is 0 Å². The van der Waals surface area contributed by atoms with E-state index in [0.29, 0.717) is 29.3 Å². The van der Waals surface area contributed by atoms with Crippen molar-refractivity contribution >= 4 is 17.7 Å². The summed E-state index contributed by atoms with van der Waals surface area (Å²) in [6.45, 7) is 0. The number of methoxy groups -OCH3 is 1. The maximum Gasteiger partial charge on any atom is 0.257 e. The molecule has 1 aromatic heterocycles. The van der Waals surface area contributed by atoms with Crippen LogP contribution in [0.1, 0.15) is 31.5 Å². The van der Waals surface area contributed by atoms with Crippen LogP contribution in [-0.4, -0.2) is 35.0 Å². The number of hydrogen-bond acceptors (Lipinski definition) is 6. The number of carbonyl (C=O) groups excluding carboxylic acids is 1. The third-order valence-corrected chi connectivity index (χ3v) is 4.92. The highest BCUT2D eigenvalue weighted by atomic mass is 32.2. The second kappa shape index (κ2) is 8.19. The summed E-state index contributed by atoms with van der Waals surface area (Å²) in [6.07, 6.45) is 4.64. The zero-order valence-electron chi connectivity index (χ0n) is 13.7. The van der Waals surface area contributed by atoms with Gasteiger partial charge in [-0.25, -0.2) is 0 Å². The molecule has 0 bridgehead atoms. The fourth-order valence-corrected chi connectivity index (χ4v) is 3.41. The molecule has 1 heterocycles. The van der Waals surface area contributed by atoms with Crippen LogP contribution in [0.3, 0.4) is 0 Å². The monoisotopic (exact) mass is 347 g/mol. The lowest BCUT2D eigenvalue weighted by atomic mass is 10.2. The lowest BCUT2D eigenvalue weighted by molar-refractivity contribution is -0.119. The van der Waals surface area contributed by atoms with Crippen molar-refractivity contribution in [1.82, 2.24) is 15.5 Å². The van der Waals surface area contributed by atoms with Gasteiger partial charge in [-0.3, -0.25) is 4.79 Å². The third-order valence-electron chi connectivity index (χ3n) is 3.99. The molecule has 128 valence electrons. The summed E-state index contributed by atoms with van der Waals surface area (Å²) in [6, 6.07) is 7.81. The highest BCUT2D eigenvalue weighted by Gasteiger charge is 2.17. The van der Waals surface area contributed by atoms with Crippen LogP contribution in [0.15, 0.2) is 28.8 Å². The molecule has 0 spiro atoms. The second-order valence-electron chi connectivity index (χ2n) is 5.79. The normalized spacial score (nSPS) is 14.7. The van der Waals surface area contributed by atoms with Crippen LogP contribution in [0.2, 0.25) is 0 Å². The topological polar surface area (TPSA) is 77.2 Å². The number of carbonyl (C=O) groups is 1. The van der Waals surface area contributed by atoms with Gasteiger partial charge in [-0.1, -0.05) is 18.0 Å². The highest BCUT2D eigenvalue weighted by molar-refractivity contribution is 7.99. The maximum atomic E-state index is 11.9. The van der Waals surface area contributed by atoms with Gasteiger partial charge in [-0.05, 0) is 37.1 Å². The van der Waals surface area contributed by atoms with E-state index >= 15 is 0 Å². The Hall–Kier alpha value is -2.02. The van der Waals surface area contributed by atoms with Crippen molar-refractivity contribution in [2.75, 3.05) is 12.9 Å². The molecule has 1 aliphatic rings. The molecule has 1 N–H and O–H groups in total. The smallest absolute Gasteiger partial charge is 0.257 e. The first-order valence-electron chi connectivity index (χ1n) is 8.09. The molecule has 1 fully saturated rings. The molecular formula is C17H21N3O3S. The molecule has 6 nitrogen and oxygen atoms in total. The molecule has 0 saturated heterocycles. The summed E-state index contributed by atoms with van der Waals surface area (Å²) < 4.78 is 10.4. The average molecular weight is 347 g/mol. The molecule has 0 unspecified atom stereocenters. The van der Waals surface area contributed by atoms with Crippen LogP contribution in [-0.2, 0) is 10.5 Å². The van der Waals surface area contributed by atoms with Gasteiger partial charge in [-0.15, -0.1) is 11.8 Å². The molecule has 0 aliphatic heterocycles. The zero-order valence-corrected chi connectivity index (χ0v) is 14.5. The zero-order chi connectivity index (χ0) is 16.8. The Morgan fingerprint density at radius 3 is 2.79 bits per heavy atom. The molecule has 0 radical (unpaired) electrons. The Bertz CT molecular complexity index is 666. The number of thioether (sulfide) groups is 1. The predicted molar refractivity (Wildman–Crippen MR) is 92.8 cm³/mol. The minimum absolute atomic E-state index is 0.0887. The van der Waals surface area contributed by atoms with Crippen molar-refractivity contribution in [2.45, 2.75) is 37.5 Å². The number of amides is 1. The highest BCUT2D eigenvalue weighted by Crippen LogP contribution is 2.22. The van der Waals surface area contributed by atoms with E-state index in [9.17, 15) is 4.79 Å². The van der Waals surface area contributed by atoms with E-state index < -0.39 is 0 Å². The molecular weight excluding hydrogens is 326 g/mol. The van der Waals surface area contributed by atoms with Gasteiger partial charge in [0.15, 0.2) is 5.82 Å². The van der Waals surface area contributed by atoms with E-state index in [-0.39, 0.29) is 5.91 Å². The molecule has 0 atom stereocenters. The molecule has 24 heavy (non-hydrogen) atoms. The first-order valence-corrected chi connectivity index (χ1v) is 9.24. The quantitative estimate of drug-likeness (QED) is 0.829. The third kappa shape index (κ3) is 4.50. The number of benzene rings is 1. The predicted octanol–water partition coefficient (Wildman–Crippen LogP) is 3.04. The van der Waals surface area contributed by atoms with Gasteiger partial charge in [0.1, 0.15) is 5.75 Å². The maximum absolute atomic E-state index is 11.9. The Kier molecular flexibility index (Phi) is 5.74. The Morgan fingerprint density at radius 1 is 1.33 bits per heavy atom. The summed E-state index contributed by atoms with van der Waals surface area (Å²) in [5.41, 5.74) is 0.846. The molecule has 3 rings (SSSR count). The molecule has 1 aliphatic carbocycles. The van der Waals surface area contributed by atoms with Gasteiger partial charge < -0.3 is 14.6 Å². The lowest BCUT2D eigenvalue weighted by Crippen LogP contribution is -2.33. The largest absolute Gasteiger partial charge is 0.497 e. The van der Waals surface area contributed by atoms with Crippen molar-refractivity contribution in [3.63, 3.8) is 0 Å². The van der Waals surface area contributed by atoms with Gasteiger partial charge in [0.2, 0.25) is 5.91 Å². The van der Waals surface area contributed by atoms with Crippen molar-refractivity contribution in [3.05, 3.63) is 30.1 Å². The second-order valence-corrected chi connectivity index (χ2v) is 6.77. The van der Waals surface area contributed by atoms with Gasteiger partial charge in [-0.2, -0.15) is 4.98 Å². The Morgan fingerprint density at radius 2 is 2.08 bits per heavy atom. The van der Waals surface area contributed by atoms with Crippen LogP contribution in [0, 0.1) is 0 Å². The Labute approximate surface area is 145 Å². The van der Waals surface area contributed by atoms with E-state index in [1.165, 1.54) is 24.6 Å². The van der Waals surface area contributed by atoms with Gasteiger partial charge in [0.05, 0.1) is 18.6 Å². The molecule has 2 aromatic rings. The summed E-state index contributed by atoms with van der Waals surface area (Å²) in [5, 5.41) is 7.04. The Balaban J connectivity index is 1.46. The van der Waals surface area contributed by atoms with Crippen LogP contribution in [0.4, 0.5) is 0 Å². The van der Waals surface area contributed by atoms with Crippen molar-refractivity contribution < 1.29 is 14.1 Å². The lowest BCUT2D eigenvalue weighted by Gasteiger charge is -2.10. The summed E-state index contributed by atoms with van der Waals surface area (Å²) >= 11 is 1.50. The molecule has 1 amide bonds. The number of nitrogens with zero attached hydrogens (tertiary/aromatic N) is 2. The summed E-state index contributed by atoms with van der Waals surface area (Å²) in [5.74, 6) is 2.91. The van der Waals surface area contributed by atoms with Crippen LogP contribution in [0.25, 0.3) is 11.5 Å².